The van der Waals surface area contributed by atoms with Gasteiger partial charge in [0.15, 0.2) is 0 Å². The Kier molecular flexibility index (Phi) is 2.74. The lowest BCUT2D eigenvalue weighted by Crippen LogP contribution is -2.51. The van der Waals surface area contributed by atoms with Crippen LogP contribution in [-0.4, -0.2) is 17.9 Å². The molecule has 2 aliphatic carbocycles. The zero-order chi connectivity index (χ0) is 14.9. The van der Waals surface area contributed by atoms with E-state index in [4.69, 9.17) is 4.74 Å². The second-order valence-corrected chi connectivity index (χ2v) is 7.68. The normalized spacial score (nSPS) is 45.5. The van der Waals surface area contributed by atoms with E-state index >= 15 is 0 Å². The van der Waals surface area contributed by atoms with Gasteiger partial charge in [0.25, 0.3) is 0 Å². The molecule has 110 valence electrons. The number of rotatable bonds is 1. The largest absolute Gasteiger partial charge is 0.461 e. The van der Waals surface area contributed by atoms with Gasteiger partial charge in [-0.3, -0.25) is 9.59 Å². The summed E-state index contributed by atoms with van der Waals surface area (Å²) in [6.45, 7) is 10.3. The maximum absolute atomic E-state index is 12.4. The van der Waals surface area contributed by atoms with E-state index in [2.05, 4.69) is 26.8 Å². The first-order valence-corrected chi connectivity index (χ1v) is 7.63. The zero-order valence-electron chi connectivity index (χ0n) is 13.0. The van der Waals surface area contributed by atoms with Crippen molar-refractivity contribution in [3.63, 3.8) is 0 Å². The number of carbonyl (C=O) groups excluding carboxylic acids is 2. The molecule has 1 saturated carbocycles. The van der Waals surface area contributed by atoms with Crippen LogP contribution in [-0.2, 0) is 14.3 Å². The highest BCUT2D eigenvalue weighted by atomic mass is 16.6. The summed E-state index contributed by atoms with van der Waals surface area (Å²) in [4.78, 5) is 24.4. The summed E-state index contributed by atoms with van der Waals surface area (Å²) in [6, 6.07) is 0. The van der Waals surface area contributed by atoms with Gasteiger partial charge in [0.2, 0.25) is 0 Å². The van der Waals surface area contributed by atoms with Gasteiger partial charge in [0.1, 0.15) is 11.9 Å². The number of ether oxygens (including phenoxy) is 1. The van der Waals surface area contributed by atoms with Crippen molar-refractivity contribution in [2.24, 2.45) is 28.6 Å². The molecule has 3 nitrogen and oxygen atoms in total. The summed E-state index contributed by atoms with van der Waals surface area (Å²) in [5, 5.41) is 0. The first-order valence-electron chi connectivity index (χ1n) is 7.63. The van der Waals surface area contributed by atoms with Gasteiger partial charge in [-0.05, 0) is 31.1 Å². The van der Waals surface area contributed by atoms with Crippen LogP contribution in [0.15, 0.2) is 11.6 Å². The maximum atomic E-state index is 12.4. The molecule has 0 N–H and O–H groups in total. The van der Waals surface area contributed by atoms with E-state index in [9.17, 15) is 9.59 Å². The summed E-state index contributed by atoms with van der Waals surface area (Å²) < 4.78 is 5.68. The minimum Gasteiger partial charge on any atom is -0.461 e. The third-order valence-corrected chi connectivity index (χ3v) is 6.08. The minimum absolute atomic E-state index is 0.00497. The van der Waals surface area contributed by atoms with E-state index in [0.717, 1.165) is 12.8 Å². The van der Waals surface area contributed by atoms with Crippen molar-refractivity contribution < 1.29 is 14.3 Å². The molecule has 5 atom stereocenters. The van der Waals surface area contributed by atoms with Crippen LogP contribution in [0.3, 0.4) is 0 Å². The van der Waals surface area contributed by atoms with Crippen molar-refractivity contribution in [3.05, 3.63) is 11.6 Å². The summed E-state index contributed by atoms with van der Waals surface area (Å²) in [6.07, 6.45) is 4.10. The number of hydrogen-bond acceptors (Lipinski definition) is 3. The van der Waals surface area contributed by atoms with Crippen molar-refractivity contribution in [3.8, 4) is 0 Å². The average Bonchev–Trinajstić information content (AvgIpc) is 2.58. The van der Waals surface area contributed by atoms with Crippen molar-refractivity contribution in [2.75, 3.05) is 0 Å². The highest BCUT2D eigenvalue weighted by Gasteiger charge is 2.64. The maximum Gasteiger partial charge on any atom is 0.310 e. The van der Waals surface area contributed by atoms with Gasteiger partial charge < -0.3 is 4.74 Å². The van der Waals surface area contributed by atoms with Crippen molar-refractivity contribution >= 4 is 11.8 Å². The fourth-order valence-corrected chi connectivity index (χ4v) is 5.03. The summed E-state index contributed by atoms with van der Waals surface area (Å²) in [5.41, 5.74) is 1.10. The molecule has 0 unspecified atom stereocenters. The Morgan fingerprint density at radius 2 is 2.00 bits per heavy atom. The van der Waals surface area contributed by atoms with Crippen molar-refractivity contribution in [2.45, 2.75) is 53.6 Å². The molecule has 0 aromatic carbocycles. The smallest absolute Gasteiger partial charge is 0.310 e. The van der Waals surface area contributed by atoms with Crippen LogP contribution in [0.1, 0.15) is 47.5 Å². The Morgan fingerprint density at radius 3 is 2.60 bits per heavy atom. The topological polar surface area (TPSA) is 43.4 Å². The molecule has 0 radical (unpaired) electrons. The standard InChI is InChI=1S/C17H24O3/c1-9-11(10(2)18)8-12-16(3,4)7-6-13-17(12,5)14(9)15(19)20-13/h8-9,11,13-14H,6-7H2,1-5H3/t9-,11-,13-,14-,17+/m0/s1. The van der Waals surface area contributed by atoms with E-state index in [0.29, 0.717) is 0 Å². The van der Waals surface area contributed by atoms with E-state index < -0.39 is 0 Å². The van der Waals surface area contributed by atoms with Crippen LogP contribution in [0.25, 0.3) is 0 Å². The number of carbonyl (C=O) groups is 2. The molecule has 1 saturated heterocycles. The molecule has 0 bridgehead atoms. The molecule has 3 heteroatoms. The van der Waals surface area contributed by atoms with Gasteiger partial charge in [-0.2, -0.15) is 0 Å². The fraction of sp³-hybridized carbons (Fsp3) is 0.765. The van der Waals surface area contributed by atoms with Crippen LogP contribution >= 0.6 is 0 Å². The van der Waals surface area contributed by atoms with Gasteiger partial charge in [0, 0.05) is 11.3 Å². The first-order chi connectivity index (χ1) is 9.19. The minimum atomic E-state index is -0.218. The lowest BCUT2D eigenvalue weighted by Gasteiger charge is -2.52. The molecule has 3 rings (SSSR count). The Hall–Kier alpha value is -1.12. The molecule has 1 heterocycles. The summed E-state index contributed by atoms with van der Waals surface area (Å²) in [5.74, 6) is -0.218. The van der Waals surface area contributed by atoms with Crippen LogP contribution in [0.4, 0.5) is 0 Å². The molecule has 0 aromatic rings. The molecule has 0 aromatic heterocycles. The van der Waals surface area contributed by atoms with Gasteiger partial charge in [-0.15, -0.1) is 0 Å². The molecule has 0 amide bonds. The SMILES string of the molecule is CC(=O)[C@H]1C=C2C(C)(C)CC[C@@H]3OC(=O)[C@H]([C@H]1C)[C@]23C. The van der Waals surface area contributed by atoms with Crippen LogP contribution in [0, 0.1) is 28.6 Å². The third kappa shape index (κ3) is 1.52. The van der Waals surface area contributed by atoms with Gasteiger partial charge in [-0.25, -0.2) is 0 Å². The quantitative estimate of drug-likeness (QED) is 0.546. The van der Waals surface area contributed by atoms with Crippen molar-refractivity contribution in [1.29, 1.82) is 0 Å². The Morgan fingerprint density at radius 1 is 1.35 bits per heavy atom. The number of allylic oxidation sites excluding steroid dienone is 1. The van der Waals surface area contributed by atoms with Crippen LogP contribution in [0.5, 0.6) is 0 Å². The van der Waals surface area contributed by atoms with Gasteiger partial charge >= 0.3 is 5.97 Å². The van der Waals surface area contributed by atoms with Gasteiger partial charge in [0.05, 0.1) is 5.92 Å². The second kappa shape index (κ2) is 3.96. The predicted octanol–water partition coefficient (Wildman–Crippen LogP) is 3.14. The van der Waals surface area contributed by atoms with E-state index in [1.807, 2.05) is 6.92 Å². The van der Waals surface area contributed by atoms with Crippen LogP contribution in [0.2, 0.25) is 0 Å². The Labute approximate surface area is 120 Å². The molecule has 1 aliphatic heterocycles. The van der Waals surface area contributed by atoms with E-state index in [-0.39, 0.29) is 46.4 Å². The summed E-state index contributed by atoms with van der Waals surface area (Å²) >= 11 is 0. The molecular weight excluding hydrogens is 252 g/mol. The van der Waals surface area contributed by atoms with Gasteiger partial charge in [-0.1, -0.05) is 39.3 Å². The first kappa shape index (κ1) is 13.8. The van der Waals surface area contributed by atoms with E-state index in [1.165, 1.54) is 5.57 Å². The highest BCUT2D eigenvalue weighted by Crippen LogP contribution is 2.63. The number of esters is 1. The molecule has 3 aliphatic rings. The molecular formula is C17H24O3. The predicted molar refractivity (Wildman–Crippen MR) is 75.9 cm³/mol. The Balaban J connectivity index is 2.21. The van der Waals surface area contributed by atoms with Crippen molar-refractivity contribution in [1.82, 2.24) is 0 Å². The number of hydrogen-bond donors (Lipinski definition) is 0. The summed E-state index contributed by atoms with van der Waals surface area (Å²) in [7, 11) is 0. The van der Waals surface area contributed by atoms with Crippen LogP contribution < -0.4 is 0 Å². The van der Waals surface area contributed by atoms with E-state index in [1.54, 1.807) is 6.92 Å². The number of Topliss-reactive ketones (excluding diaryl/α,β-unsaturated/α-hetero) is 1. The average molecular weight is 276 g/mol. The molecule has 2 fully saturated rings. The lowest BCUT2D eigenvalue weighted by molar-refractivity contribution is -0.146. The second-order valence-electron chi connectivity index (χ2n) is 7.68. The highest BCUT2D eigenvalue weighted by molar-refractivity contribution is 5.85. The monoisotopic (exact) mass is 276 g/mol. The number of ketones is 1. The molecule has 0 spiro atoms. The fourth-order valence-electron chi connectivity index (χ4n) is 5.03. The zero-order valence-corrected chi connectivity index (χ0v) is 13.0. The third-order valence-electron chi connectivity index (χ3n) is 6.08. The molecule has 20 heavy (non-hydrogen) atoms. The lowest BCUT2D eigenvalue weighted by atomic mass is 9.49. The Bertz CT molecular complexity index is 516.